The zero-order valence-electron chi connectivity index (χ0n) is 27.2. The van der Waals surface area contributed by atoms with Gasteiger partial charge in [-0.3, -0.25) is 0 Å². The average molecular weight is 569 g/mol. The highest BCUT2D eigenvalue weighted by atomic mass is 16.7. The van der Waals surface area contributed by atoms with E-state index >= 15 is 0 Å². The molecule has 240 valence electrons. The number of rotatable bonds is 32. The van der Waals surface area contributed by atoms with Gasteiger partial charge in [-0.25, -0.2) is 0 Å². The lowest BCUT2D eigenvalue weighted by Gasteiger charge is -2.18. The van der Waals surface area contributed by atoms with Crippen LogP contribution in [0.1, 0.15) is 213 Å². The SMILES string of the molecule is CCCCCCCCCCCCCCCCCC(CCCCCCCCCCCCCCCC)=C(O)C(O)(O)O. The van der Waals surface area contributed by atoms with Gasteiger partial charge in [0.15, 0.2) is 5.76 Å². The van der Waals surface area contributed by atoms with Crippen LogP contribution in [0.4, 0.5) is 0 Å². The summed E-state index contributed by atoms with van der Waals surface area (Å²) in [6.07, 6.45) is 39.0. The quantitative estimate of drug-likeness (QED) is 0.0369. The Morgan fingerprint density at radius 1 is 0.350 bits per heavy atom. The molecule has 4 nitrogen and oxygen atoms in total. The minimum absolute atomic E-state index is 0.612. The van der Waals surface area contributed by atoms with Gasteiger partial charge in [0.1, 0.15) is 0 Å². The predicted octanol–water partition coefficient (Wildman–Crippen LogP) is 11.6. The van der Waals surface area contributed by atoms with Gasteiger partial charge in [-0.15, -0.1) is 0 Å². The maximum absolute atomic E-state index is 10.2. The molecule has 0 fully saturated rings. The summed E-state index contributed by atoms with van der Waals surface area (Å²) < 4.78 is 0. The van der Waals surface area contributed by atoms with Crippen molar-refractivity contribution in [2.45, 2.75) is 219 Å². The Morgan fingerprint density at radius 3 is 0.750 bits per heavy atom. The molecular formula is C36H72O4. The van der Waals surface area contributed by atoms with Crippen molar-refractivity contribution < 1.29 is 20.4 Å². The molecular weight excluding hydrogens is 496 g/mol. The van der Waals surface area contributed by atoms with Gasteiger partial charge < -0.3 is 20.4 Å². The maximum atomic E-state index is 10.2. The Morgan fingerprint density at radius 2 is 0.550 bits per heavy atom. The van der Waals surface area contributed by atoms with Gasteiger partial charge in [0.05, 0.1) is 0 Å². The van der Waals surface area contributed by atoms with Crippen LogP contribution >= 0.6 is 0 Å². The first-order chi connectivity index (χ1) is 19.4. The van der Waals surface area contributed by atoms with Crippen LogP contribution in [-0.2, 0) is 0 Å². The molecule has 0 aromatic rings. The number of allylic oxidation sites excluding steroid dienone is 1. The highest BCUT2D eigenvalue weighted by Gasteiger charge is 2.28. The third kappa shape index (κ3) is 27.6. The molecule has 0 amide bonds. The zero-order chi connectivity index (χ0) is 29.6. The van der Waals surface area contributed by atoms with E-state index in [1.807, 2.05) is 0 Å². The number of hydrogen-bond acceptors (Lipinski definition) is 4. The third-order valence-corrected chi connectivity index (χ3v) is 8.57. The summed E-state index contributed by atoms with van der Waals surface area (Å²) in [6.45, 7) is 4.54. The van der Waals surface area contributed by atoms with Gasteiger partial charge in [0, 0.05) is 0 Å². The van der Waals surface area contributed by atoms with E-state index in [1.165, 1.54) is 161 Å². The van der Waals surface area contributed by atoms with E-state index in [2.05, 4.69) is 13.8 Å². The summed E-state index contributed by atoms with van der Waals surface area (Å²) in [4.78, 5) is 0. The second-order valence-electron chi connectivity index (χ2n) is 12.6. The zero-order valence-corrected chi connectivity index (χ0v) is 27.2. The fourth-order valence-corrected chi connectivity index (χ4v) is 5.84. The van der Waals surface area contributed by atoms with Crippen LogP contribution in [0.15, 0.2) is 11.3 Å². The Balaban J connectivity index is 3.78. The summed E-state index contributed by atoms with van der Waals surface area (Å²) in [5.74, 6) is -3.76. The largest absolute Gasteiger partial charge is 0.505 e. The predicted molar refractivity (Wildman–Crippen MR) is 174 cm³/mol. The number of unbranched alkanes of at least 4 members (excludes halogenated alkanes) is 27. The number of hydrogen-bond donors (Lipinski definition) is 4. The molecule has 0 aromatic heterocycles. The number of aliphatic hydroxyl groups is 4. The summed E-state index contributed by atoms with van der Waals surface area (Å²) in [5, 5.41) is 38.7. The molecule has 0 aliphatic heterocycles. The first kappa shape index (κ1) is 39.4. The van der Waals surface area contributed by atoms with E-state index in [-0.39, 0.29) is 0 Å². The van der Waals surface area contributed by atoms with E-state index in [0.29, 0.717) is 18.4 Å². The minimum Gasteiger partial charge on any atom is -0.505 e. The lowest BCUT2D eigenvalue weighted by atomic mass is 9.97. The molecule has 40 heavy (non-hydrogen) atoms. The topological polar surface area (TPSA) is 80.9 Å². The molecule has 0 aliphatic rings. The van der Waals surface area contributed by atoms with Crippen LogP contribution in [0, 0.1) is 0 Å². The van der Waals surface area contributed by atoms with Gasteiger partial charge in [0.2, 0.25) is 0 Å². The van der Waals surface area contributed by atoms with E-state index < -0.39 is 11.7 Å². The van der Waals surface area contributed by atoms with E-state index in [4.69, 9.17) is 0 Å². The smallest absolute Gasteiger partial charge is 0.337 e. The van der Waals surface area contributed by atoms with E-state index in [1.54, 1.807) is 0 Å². The minimum atomic E-state index is -3.11. The van der Waals surface area contributed by atoms with Crippen molar-refractivity contribution >= 4 is 0 Å². The highest BCUT2D eigenvalue weighted by molar-refractivity contribution is 5.11. The maximum Gasteiger partial charge on any atom is 0.337 e. The lowest BCUT2D eigenvalue weighted by Crippen LogP contribution is -2.31. The van der Waals surface area contributed by atoms with Gasteiger partial charge in [0.25, 0.3) is 0 Å². The van der Waals surface area contributed by atoms with Crippen LogP contribution in [0.3, 0.4) is 0 Å². The monoisotopic (exact) mass is 569 g/mol. The van der Waals surface area contributed by atoms with Crippen molar-refractivity contribution in [3.05, 3.63) is 11.3 Å². The van der Waals surface area contributed by atoms with Crippen LogP contribution in [0.2, 0.25) is 0 Å². The van der Waals surface area contributed by atoms with Crippen molar-refractivity contribution in [3.63, 3.8) is 0 Å². The first-order valence-corrected chi connectivity index (χ1v) is 18.0. The molecule has 4 N–H and O–H groups in total. The van der Waals surface area contributed by atoms with Crippen molar-refractivity contribution in [2.24, 2.45) is 0 Å². The summed E-state index contributed by atoms with van der Waals surface area (Å²) in [5.41, 5.74) is 0.612. The second kappa shape index (κ2) is 29.9. The van der Waals surface area contributed by atoms with Gasteiger partial charge in [-0.1, -0.05) is 187 Å². The Kier molecular flexibility index (Phi) is 29.5. The normalized spacial score (nSPS) is 12.7. The average Bonchev–Trinajstić information content (AvgIpc) is 2.93. The molecule has 0 saturated heterocycles. The van der Waals surface area contributed by atoms with Gasteiger partial charge in [-0.2, -0.15) is 0 Å². The molecule has 0 saturated carbocycles. The highest BCUT2D eigenvalue weighted by Crippen LogP contribution is 2.25. The Hall–Kier alpha value is -0.580. The molecule has 0 atom stereocenters. The van der Waals surface area contributed by atoms with Crippen LogP contribution in [0.5, 0.6) is 0 Å². The van der Waals surface area contributed by atoms with Crippen LogP contribution in [0.25, 0.3) is 0 Å². The van der Waals surface area contributed by atoms with Gasteiger partial charge >= 0.3 is 5.97 Å². The molecule has 0 unspecified atom stereocenters. The van der Waals surface area contributed by atoms with Crippen LogP contribution < -0.4 is 0 Å². The van der Waals surface area contributed by atoms with E-state index in [9.17, 15) is 20.4 Å². The molecule has 4 heteroatoms. The summed E-state index contributed by atoms with van der Waals surface area (Å²) in [6, 6.07) is 0. The lowest BCUT2D eigenvalue weighted by molar-refractivity contribution is -0.299. The molecule has 0 spiro atoms. The fraction of sp³-hybridized carbons (Fsp3) is 0.944. The molecule has 0 bridgehead atoms. The van der Waals surface area contributed by atoms with E-state index in [0.717, 1.165) is 25.7 Å². The second-order valence-corrected chi connectivity index (χ2v) is 12.6. The third-order valence-electron chi connectivity index (χ3n) is 8.57. The summed E-state index contributed by atoms with van der Waals surface area (Å²) in [7, 11) is 0. The summed E-state index contributed by atoms with van der Waals surface area (Å²) >= 11 is 0. The van der Waals surface area contributed by atoms with Gasteiger partial charge in [-0.05, 0) is 31.3 Å². The van der Waals surface area contributed by atoms with Crippen molar-refractivity contribution in [2.75, 3.05) is 0 Å². The molecule has 0 heterocycles. The standard InChI is InChI=1S/C36H72O4/c1-3-5-7-9-11-13-15-17-19-21-23-25-27-29-31-33-34(35(37)36(38,39)40)32-30-28-26-24-22-20-18-16-14-12-10-8-6-4-2/h37-40H,3-33H2,1-2H3. The molecule has 0 radical (unpaired) electrons. The first-order valence-electron chi connectivity index (χ1n) is 18.0. The molecule has 0 aromatic carbocycles. The Bertz CT molecular complexity index is 537. The number of aliphatic hydroxyl groups excluding tert-OH is 1. The van der Waals surface area contributed by atoms with Crippen molar-refractivity contribution in [3.8, 4) is 0 Å². The van der Waals surface area contributed by atoms with Crippen molar-refractivity contribution in [1.29, 1.82) is 0 Å². The Labute approximate surface area is 250 Å². The molecule has 0 aliphatic carbocycles. The van der Waals surface area contributed by atoms with Crippen LogP contribution in [-0.4, -0.2) is 26.4 Å². The van der Waals surface area contributed by atoms with Crippen molar-refractivity contribution in [1.82, 2.24) is 0 Å². The molecule has 0 rings (SSSR count). The fourth-order valence-electron chi connectivity index (χ4n) is 5.84.